The van der Waals surface area contributed by atoms with Crippen molar-refractivity contribution in [2.45, 2.75) is 19.6 Å². The molecule has 1 amide bonds. The molecular formula is C16H20N4O4. The summed E-state index contributed by atoms with van der Waals surface area (Å²) in [6, 6.07) is 7.17. The fourth-order valence-electron chi connectivity index (χ4n) is 2.27. The number of H-pyrrole nitrogens is 1. The predicted molar refractivity (Wildman–Crippen MR) is 89.6 cm³/mol. The van der Waals surface area contributed by atoms with E-state index in [2.05, 4.69) is 15.3 Å². The highest BCUT2D eigenvalue weighted by Crippen LogP contribution is 2.21. The van der Waals surface area contributed by atoms with Crippen LogP contribution in [0.25, 0.3) is 0 Å². The maximum Gasteiger partial charge on any atom is 0.256 e. The van der Waals surface area contributed by atoms with Crippen LogP contribution in [0.3, 0.4) is 0 Å². The predicted octanol–water partition coefficient (Wildman–Crippen LogP) is 1.19. The number of nitrogens with two attached hydrogens (primary N) is 1. The number of rotatable bonds is 6. The molecule has 1 aromatic heterocycles. The summed E-state index contributed by atoms with van der Waals surface area (Å²) in [6.45, 7) is 1.33. The Morgan fingerprint density at radius 3 is 2.46 bits per heavy atom. The van der Waals surface area contributed by atoms with Crippen LogP contribution >= 0.6 is 0 Å². The summed E-state index contributed by atoms with van der Waals surface area (Å²) >= 11 is 0. The lowest BCUT2D eigenvalue weighted by Crippen LogP contribution is -2.24. The minimum atomic E-state index is -0.830. The number of nitrogens with one attached hydrogen (secondary N) is 2. The molecule has 0 saturated heterocycles. The molecule has 0 aliphatic carbocycles. The fraction of sp³-hybridized carbons (Fsp3) is 0.312. The van der Waals surface area contributed by atoms with Gasteiger partial charge >= 0.3 is 0 Å². The Kier molecular flexibility index (Phi) is 5.67. The second kappa shape index (κ2) is 7.71. The number of hydrogen-bond acceptors (Lipinski definition) is 6. The third-order valence-electron chi connectivity index (χ3n) is 3.35. The minimum Gasteiger partial charge on any atom is -0.399 e. The molecule has 0 fully saturated rings. The monoisotopic (exact) mass is 332 g/mol. The van der Waals surface area contributed by atoms with Gasteiger partial charge in [-0.1, -0.05) is 12.1 Å². The number of aromatic nitrogens is 2. The lowest BCUT2D eigenvalue weighted by Gasteiger charge is -2.17. The zero-order valence-corrected chi connectivity index (χ0v) is 13.8. The van der Waals surface area contributed by atoms with E-state index in [0.717, 1.165) is 5.56 Å². The van der Waals surface area contributed by atoms with E-state index in [-0.39, 0.29) is 17.4 Å². The van der Waals surface area contributed by atoms with Crippen molar-refractivity contribution in [2.24, 2.45) is 0 Å². The van der Waals surface area contributed by atoms with Crippen LogP contribution in [-0.2, 0) is 20.7 Å². The van der Waals surface area contributed by atoms with Gasteiger partial charge < -0.3 is 15.2 Å². The van der Waals surface area contributed by atoms with E-state index in [1.807, 2.05) is 12.1 Å². The second-order valence-corrected chi connectivity index (χ2v) is 5.18. The SMILES string of the molecule is COC(OC)c1nc(NC(C)=O)[nH]c(=O)c1Cc1ccc(N)cc1. The molecule has 0 atom stereocenters. The van der Waals surface area contributed by atoms with E-state index in [1.165, 1.54) is 21.1 Å². The normalized spacial score (nSPS) is 10.8. The van der Waals surface area contributed by atoms with E-state index >= 15 is 0 Å². The van der Waals surface area contributed by atoms with Crippen molar-refractivity contribution in [3.8, 4) is 0 Å². The summed E-state index contributed by atoms with van der Waals surface area (Å²) in [6.07, 6.45) is -0.509. The van der Waals surface area contributed by atoms with Crippen molar-refractivity contribution >= 4 is 17.5 Å². The maximum atomic E-state index is 12.5. The molecule has 0 unspecified atom stereocenters. The lowest BCUT2D eigenvalue weighted by molar-refractivity contribution is -0.114. The molecule has 2 aromatic rings. The summed E-state index contributed by atoms with van der Waals surface area (Å²) in [4.78, 5) is 30.5. The molecule has 0 aliphatic rings. The third-order valence-corrected chi connectivity index (χ3v) is 3.35. The number of ether oxygens (including phenoxy) is 2. The highest BCUT2D eigenvalue weighted by Gasteiger charge is 2.21. The van der Waals surface area contributed by atoms with E-state index in [9.17, 15) is 9.59 Å². The van der Waals surface area contributed by atoms with Gasteiger partial charge in [0, 0.05) is 38.8 Å². The smallest absolute Gasteiger partial charge is 0.256 e. The molecule has 1 heterocycles. The van der Waals surface area contributed by atoms with Crippen molar-refractivity contribution in [2.75, 3.05) is 25.3 Å². The molecule has 1 aromatic carbocycles. The van der Waals surface area contributed by atoms with Gasteiger partial charge in [0.15, 0.2) is 0 Å². The Balaban J connectivity index is 2.49. The van der Waals surface area contributed by atoms with E-state index in [4.69, 9.17) is 15.2 Å². The van der Waals surface area contributed by atoms with Gasteiger partial charge in [-0.25, -0.2) is 4.98 Å². The number of methoxy groups -OCH3 is 2. The van der Waals surface area contributed by atoms with Gasteiger partial charge in [-0.3, -0.25) is 19.9 Å². The van der Waals surface area contributed by atoms with Crippen molar-refractivity contribution in [3.63, 3.8) is 0 Å². The number of nitrogen functional groups attached to an aromatic ring is 1. The van der Waals surface area contributed by atoms with Crippen LogP contribution in [0.1, 0.15) is 30.0 Å². The van der Waals surface area contributed by atoms with Gasteiger partial charge in [-0.05, 0) is 17.7 Å². The molecule has 0 aliphatic heterocycles. The topological polar surface area (TPSA) is 119 Å². The highest BCUT2D eigenvalue weighted by molar-refractivity contribution is 5.86. The van der Waals surface area contributed by atoms with E-state index in [0.29, 0.717) is 23.4 Å². The number of carbonyl (C=O) groups excluding carboxylic acids is 1. The van der Waals surface area contributed by atoms with Crippen LogP contribution in [0, 0.1) is 0 Å². The Morgan fingerprint density at radius 2 is 1.92 bits per heavy atom. The highest BCUT2D eigenvalue weighted by atomic mass is 16.7. The van der Waals surface area contributed by atoms with Crippen LogP contribution in [0.2, 0.25) is 0 Å². The van der Waals surface area contributed by atoms with Gasteiger partial charge in [0.25, 0.3) is 5.56 Å². The Labute approximate surface area is 139 Å². The second-order valence-electron chi connectivity index (χ2n) is 5.18. The molecule has 2 rings (SSSR count). The zero-order valence-electron chi connectivity index (χ0n) is 13.8. The molecule has 8 heteroatoms. The van der Waals surface area contributed by atoms with Gasteiger partial charge in [0.05, 0.1) is 0 Å². The Bertz CT molecular complexity index is 767. The molecule has 0 radical (unpaired) electrons. The van der Waals surface area contributed by atoms with Gasteiger partial charge in [-0.15, -0.1) is 0 Å². The van der Waals surface area contributed by atoms with E-state index in [1.54, 1.807) is 12.1 Å². The average molecular weight is 332 g/mol. The van der Waals surface area contributed by atoms with Crippen molar-refractivity contribution < 1.29 is 14.3 Å². The summed E-state index contributed by atoms with van der Waals surface area (Å²) in [5.41, 5.74) is 7.53. The fourth-order valence-corrected chi connectivity index (χ4v) is 2.27. The first kappa shape index (κ1) is 17.6. The molecule has 0 bridgehead atoms. The van der Waals surface area contributed by atoms with Crippen LogP contribution in [0.4, 0.5) is 11.6 Å². The number of hydrogen-bond donors (Lipinski definition) is 3. The molecule has 128 valence electrons. The minimum absolute atomic E-state index is 0.0441. The number of nitrogens with zero attached hydrogens (tertiary/aromatic N) is 1. The summed E-state index contributed by atoms with van der Waals surface area (Å²) in [5.74, 6) is -0.301. The number of benzene rings is 1. The molecule has 8 nitrogen and oxygen atoms in total. The molecule has 4 N–H and O–H groups in total. The Morgan fingerprint density at radius 1 is 1.29 bits per heavy atom. The summed E-state index contributed by atoms with van der Waals surface area (Å²) in [5, 5.41) is 2.45. The first-order valence-corrected chi connectivity index (χ1v) is 7.25. The summed E-state index contributed by atoms with van der Waals surface area (Å²) < 4.78 is 10.5. The molecule has 24 heavy (non-hydrogen) atoms. The lowest BCUT2D eigenvalue weighted by atomic mass is 10.0. The molecular weight excluding hydrogens is 312 g/mol. The maximum absolute atomic E-state index is 12.5. The van der Waals surface area contributed by atoms with Crippen LogP contribution < -0.4 is 16.6 Å². The van der Waals surface area contributed by atoms with Gasteiger partial charge in [-0.2, -0.15) is 0 Å². The van der Waals surface area contributed by atoms with Crippen molar-refractivity contribution in [1.82, 2.24) is 9.97 Å². The largest absolute Gasteiger partial charge is 0.399 e. The van der Waals surface area contributed by atoms with Crippen LogP contribution in [0.15, 0.2) is 29.1 Å². The number of aromatic amines is 1. The molecule has 0 spiro atoms. The first-order valence-electron chi connectivity index (χ1n) is 7.25. The zero-order chi connectivity index (χ0) is 17.7. The van der Waals surface area contributed by atoms with Crippen molar-refractivity contribution in [3.05, 3.63) is 51.4 Å². The van der Waals surface area contributed by atoms with Crippen LogP contribution in [-0.4, -0.2) is 30.1 Å². The first-order chi connectivity index (χ1) is 11.4. The molecule has 0 saturated carbocycles. The number of carbonyl (C=O) groups is 1. The summed E-state index contributed by atoms with van der Waals surface area (Å²) in [7, 11) is 2.89. The quantitative estimate of drug-likeness (QED) is 0.540. The average Bonchev–Trinajstić information content (AvgIpc) is 2.53. The van der Waals surface area contributed by atoms with Crippen molar-refractivity contribution in [1.29, 1.82) is 0 Å². The number of anilines is 2. The van der Waals surface area contributed by atoms with Gasteiger partial charge in [0.2, 0.25) is 18.1 Å². The Hall–Kier alpha value is -2.71. The standard InChI is InChI=1S/C16H20N4O4/c1-9(21)18-16-19-13(15(23-2)24-3)12(14(22)20-16)8-10-4-6-11(17)7-5-10/h4-7,15H,8,17H2,1-3H3,(H2,18,19,20,21,22). The number of amides is 1. The van der Waals surface area contributed by atoms with E-state index < -0.39 is 6.29 Å². The van der Waals surface area contributed by atoms with Gasteiger partial charge in [0.1, 0.15) is 5.69 Å². The third kappa shape index (κ3) is 4.18. The van der Waals surface area contributed by atoms with Crippen LogP contribution in [0.5, 0.6) is 0 Å².